The van der Waals surface area contributed by atoms with E-state index in [-0.39, 0.29) is 16.7 Å². The first-order chi connectivity index (χ1) is 17.1. The number of nitrogens with zero attached hydrogens (tertiary/aromatic N) is 1. The van der Waals surface area contributed by atoms with Crippen molar-refractivity contribution in [2.24, 2.45) is 0 Å². The third-order valence-corrected chi connectivity index (χ3v) is 6.91. The van der Waals surface area contributed by atoms with Crippen molar-refractivity contribution in [3.05, 3.63) is 93.5 Å². The van der Waals surface area contributed by atoms with Crippen LogP contribution in [0.15, 0.2) is 76.8 Å². The lowest BCUT2D eigenvalue weighted by molar-refractivity contribution is -0.132. The lowest BCUT2D eigenvalue weighted by Crippen LogP contribution is -2.29. The molecule has 1 N–H and O–H groups in total. The van der Waals surface area contributed by atoms with Gasteiger partial charge in [-0.3, -0.25) is 14.5 Å². The SMILES string of the molecule is COc1cccc(N2C(=O)C(=O)/C(=C(/O)c3ccc(OC)c(Br)c3)C2c2ccc(C(C)(C)C)cc2)c1. The third kappa shape index (κ3) is 4.63. The van der Waals surface area contributed by atoms with E-state index in [1.54, 1.807) is 49.6 Å². The fourth-order valence-electron chi connectivity index (χ4n) is 4.31. The van der Waals surface area contributed by atoms with Crippen molar-refractivity contribution in [3.63, 3.8) is 0 Å². The minimum atomic E-state index is -0.827. The van der Waals surface area contributed by atoms with Gasteiger partial charge in [-0.15, -0.1) is 0 Å². The molecular weight excluding hydrogens is 522 g/mol. The molecule has 1 aliphatic heterocycles. The highest BCUT2D eigenvalue weighted by atomic mass is 79.9. The minimum absolute atomic E-state index is 0.0170. The second kappa shape index (κ2) is 9.82. The number of hydrogen-bond donors (Lipinski definition) is 1. The van der Waals surface area contributed by atoms with Crippen LogP contribution in [0.1, 0.15) is 43.5 Å². The number of benzene rings is 3. The average molecular weight is 550 g/mol. The van der Waals surface area contributed by atoms with Crippen molar-refractivity contribution in [2.75, 3.05) is 19.1 Å². The van der Waals surface area contributed by atoms with Crippen LogP contribution in [-0.2, 0) is 15.0 Å². The number of anilines is 1. The Hall–Kier alpha value is -3.58. The summed E-state index contributed by atoms with van der Waals surface area (Å²) in [5.74, 6) is -0.602. The van der Waals surface area contributed by atoms with Gasteiger partial charge in [0, 0.05) is 17.3 Å². The Balaban J connectivity index is 1.93. The van der Waals surface area contributed by atoms with Crippen LogP contribution in [0.5, 0.6) is 11.5 Å². The maximum Gasteiger partial charge on any atom is 0.300 e. The van der Waals surface area contributed by atoms with Gasteiger partial charge in [0.25, 0.3) is 11.7 Å². The summed E-state index contributed by atoms with van der Waals surface area (Å²) >= 11 is 3.43. The zero-order valence-electron chi connectivity index (χ0n) is 20.8. The van der Waals surface area contributed by atoms with Gasteiger partial charge in [-0.1, -0.05) is 51.1 Å². The Morgan fingerprint density at radius 1 is 0.944 bits per heavy atom. The normalized spacial score (nSPS) is 17.4. The molecule has 1 fully saturated rings. The van der Waals surface area contributed by atoms with Gasteiger partial charge in [0.1, 0.15) is 17.3 Å². The van der Waals surface area contributed by atoms with Crippen molar-refractivity contribution in [1.82, 2.24) is 0 Å². The Labute approximate surface area is 219 Å². The summed E-state index contributed by atoms with van der Waals surface area (Å²) < 4.78 is 11.2. The van der Waals surface area contributed by atoms with Gasteiger partial charge in [0.05, 0.1) is 30.3 Å². The zero-order chi connectivity index (χ0) is 26.2. The number of methoxy groups -OCH3 is 2. The number of halogens is 1. The summed E-state index contributed by atoms with van der Waals surface area (Å²) in [6.45, 7) is 6.35. The number of carbonyl (C=O) groups is 2. The van der Waals surface area contributed by atoms with Crippen LogP contribution in [0.4, 0.5) is 5.69 Å². The maximum atomic E-state index is 13.4. The van der Waals surface area contributed by atoms with E-state index in [0.717, 1.165) is 5.56 Å². The Morgan fingerprint density at radius 3 is 2.22 bits per heavy atom. The summed E-state index contributed by atoms with van der Waals surface area (Å²) in [6.07, 6.45) is 0. The van der Waals surface area contributed by atoms with E-state index in [1.165, 1.54) is 12.0 Å². The smallest absolute Gasteiger partial charge is 0.300 e. The fraction of sp³-hybridized carbons (Fsp3) is 0.241. The highest BCUT2D eigenvalue weighted by Gasteiger charge is 2.47. The van der Waals surface area contributed by atoms with E-state index < -0.39 is 17.7 Å². The van der Waals surface area contributed by atoms with Crippen molar-refractivity contribution < 1.29 is 24.2 Å². The van der Waals surface area contributed by atoms with Crippen LogP contribution in [0.2, 0.25) is 0 Å². The first-order valence-corrected chi connectivity index (χ1v) is 12.3. The highest BCUT2D eigenvalue weighted by Crippen LogP contribution is 2.43. The molecule has 1 atom stereocenters. The highest BCUT2D eigenvalue weighted by molar-refractivity contribution is 9.10. The van der Waals surface area contributed by atoms with Crippen LogP contribution >= 0.6 is 15.9 Å². The number of Topliss-reactive ketones (excluding diaryl/α,β-unsaturated/α-hetero) is 1. The molecular formula is C29H28BrNO5. The molecule has 0 aliphatic carbocycles. The van der Waals surface area contributed by atoms with E-state index in [1.807, 2.05) is 24.3 Å². The number of rotatable bonds is 5. The van der Waals surface area contributed by atoms with Gasteiger partial charge < -0.3 is 14.6 Å². The molecule has 3 aromatic rings. The molecule has 0 saturated carbocycles. The van der Waals surface area contributed by atoms with Crippen molar-refractivity contribution >= 4 is 39.1 Å². The minimum Gasteiger partial charge on any atom is -0.507 e. The molecule has 1 aliphatic rings. The Bertz CT molecular complexity index is 1350. The molecule has 1 unspecified atom stereocenters. The van der Waals surface area contributed by atoms with Crippen LogP contribution in [0.3, 0.4) is 0 Å². The molecule has 0 bridgehead atoms. The first kappa shape index (κ1) is 25.5. The second-order valence-corrected chi connectivity index (χ2v) is 10.4. The van der Waals surface area contributed by atoms with E-state index in [0.29, 0.717) is 32.8 Å². The molecule has 1 amide bonds. The number of hydrogen-bond acceptors (Lipinski definition) is 5. The molecule has 3 aromatic carbocycles. The zero-order valence-corrected chi connectivity index (χ0v) is 22.4. The van der Waals surface area contributed by atoms with Gasteiger partial charge in [-0.25, -0.2) is 0 Å². The number of ether oxygens (including phenoxy) is 2. The average Bonchev–Trinajstić information content (AvgIpc) is 3.13. The van der Waals surface area contributed by atoms with E-state index in [4.69, 9.17) is 9.47 Å². The quantitative estimate of drug-likeness (QED) is 0.226. The molecule has 4 rings (SSSR count). The molecule has 7 heteroatoms. The molecule has 186 valence electrons. The third-order valence-electron chi connectivity index (χ3n) is 6.29. The van der Waals surface area contributed by atoms with E-state index in [2.05, 4.69) is 36.7 Å². The maximum absolute atomic E-state index is 13.4. The van der Waals surface area contributed by atoms with Crippen molar-refractivity contribution in [3.8, 4) is 11.5 Å². The summed E-state index contributed by atoms with van der Waals surface area (Å²) in [4.78, 5) is 28.2. The number of aliphatic hydroxyl groups is 1. The Kier molecular flexibility index (Phi) is 6.96. The van der Waals surface area contributed by atoms with Gasteiger partial charge >= 0.3 is 0 Å². The van der Waals surface area contributed by atoms with Crippen molar-refractivity contribution in [1.29, 1.82) is 0 Å². The number of carbonyl (C=O) groups excluding carboxylic acids is 2. The standard InChI is InChI=1S/C29H28BrNO5/c1-29(2,3)19-12-9-17(10-13-19)25-24(26(32)18-11-14-23(36-5)22(30)15-18)27(33)28(34)31(25)20-7-6-8-21(16-20)35-4/h6-16,25,32H,1-5H3/b26-24+. The predicted molar refractivity (Wildman–Crippen MR) is 144 cm³/mol. The molecule has 1 saturated heterocycles. The lowest BCUT2D eigenvalue weighted by atomic mass is 9.85. The molecule has 0 aromatic heterocycles. The summed E-state index contributed by atoms with van der Waals surface area (Å²) in [7, 11) is 3.08. The second-order valence-electron chi connectivity index (χ2n) is 9.59. The predicted octanol–water partition coefficient (Wildman–Crippen LogP) is 6.39. The topological polar surface area (TPSA) is 76.1 Å². The van der Waals surface area contributed by atoms with Crippen LogP contribution in [0, 0.1) is 0 Å². The number of amides is 1. The molecule has 0 spiro atoms. The monoisotopic (exact) mass is 549 g/mol. The summed E-state index contributed by atoms with van der Waals surface area (Å²) in [5.41, 5.74) is 2.66. The molecule has 1 heterocycles. The first-order valence-electron chi connectivity index (χ1n) is 11.5. The van der Waals surface area contributed by atoms with Gasteiger partial charge in [-0.05, 0) is 62.8 Å². The largest absolute Gasteiger partial charge is 0.507 e. The van der Waals surface area contributed by atoms with Gasteiger partial charge in [0.15, 0.2) is 0 Å². The van der Waals surface area contributed by atoms with E-state index in [9.17, 15) is 14.7 Å². The van der Waals surface area contributed by atoms with Gasteiger partial charge in [0.2, 0.25) is 0 Å². The molecule has 0 radical (unpaired) electrons. The van der Waals surface area contributed by atoms with Crippen LogP contribution in [0.25, 0.3) is 5.76 Å². The number of ketones is 1. The van der Waals surface area contributed by atoms with Crippen LogP contribution < -0.4 is 14.4 Å². The molecule has 36 heavy (non-hydrogen) atoms. The number of aliphatic hydroxyl groups excluding tert-OH is 1. The van der Waals surface area contributed by atoms with Gasteiger partial charge in [-0.2, -0.15) is 0 Å². The summed E-state index contributed by atoms with van der Waals surface area (Å²) in [5, 5.41) is 11.4. The van der Waals surface area contributed by atoms with Crippen molar-refractivity contribution in [2.45, 2.75) is 32.2 Å². The molecule has 6 nitrogen and oxygen atoms in total. The van der Waals surface area contributed by atoms with Crippen LogP contribution in [-0.4, -0.2) is 31.0 Å². The summed E-state index contributed by atoms with van der Waals surface area (Å²) in [6, 6.07) is 18.9. The lowest BCUT2D eigenvalue weighted by Gasteiger charge is -2.27. The Morgan fingerprint density at radius 2 is 1.64 bits per heavy atom. The fourth-order valence-corrected chi connectivity index (χ4v) is 4.85. The van der Waals surface area contributed by atoms with E-state index >= 15 is 0 Å².